The number of nitrogens with two attached hydrogens (primary N) is 1. The average molecular weight is 266 g/mol. The van der Waals surface area contributed by atoms with E-state index in [2.05, 4.69) is 4.98 Å². The summed E-state index contributed by atoms with van der Waals surface area (Å²) in [5.74, 6) is -0.288. The molecule has 0 bridgehead atoms. The number of pyridine rings is 1. The minimum atomic E-state index is -0.897. The van der Waals surface area contributed by atoms with Crippen molar-refractivity contribution in [2.75, 3.05) is 0 Å². The predicted octanol–water partition coefficient (Wildman–Crippen LogP) is 3.60. The van der Waals surface area contributed by atoms with Gasteiger partial charge < -0.3 is 5.73 Å². The van der Waals surface area contributed by atoms with Gasteiger partial charge in [0.05, 0.1) is 5.54 Å². The Kier molecular flexibility index (Phi) is 2.99. The molecule has 2 nitrogen and oxygen atoms in total. The van der Waals surface area contributed by atoms with Crippen molar-refractivity contribution in [2.24, 2.45) is 5.73 Å². The van der Waals surface area contributed by atoms with E-state index in [1.54, 1.807) is 30.6 Å². The van der Waals surface area contributed by atoms with E-state index in [1.165, 1.54) is 6.07 Å². The molecule has 0 saturated carbocycles. The van der Waals surface area contributed by atoms with E-state index < -0.39 is 5.54 Å². The lowest BCUT2D eigenvalue weighted by Gasteiger charge is -2.27. The van der Waals surface area contributed by atoms with Gasteiger partial charge >= 0.3 is 0 Å². The Bertz CT molecular complexity index is 760. The third kappa shape index (κ3) is 1.96. The molecule has 0 saturated heterocycles. The van der Waals surface area contributed by atoms with Crippen molar-refractivity contribution in [3.8, 4) is 0 Å². The number of hydrogen-bond acceptors (Lipinski definition) is 2. The van der Waals surface area contributed by atoms with Gasteiger partial charge in [0, 0.05) is 23.3 Å². The normalized spacial score (nSPS) is 14.2. The summed E-state index contributed by atoms with van der Waals surface area (Å²) in [6, 6.07) is 14.4. The van der Waals surface area contributed by atoms with Crippen LogP contribution in [0, 0.1) is 5.82 Å². The maximum absolute atomic E-state index is 14.1. The van der Waals surface area contributed by atoms with Crippen molar-refractivity contribution in [1.82, 2.24) is 4.98 Å². The smallest absolute Gasteiger partial charge is 0.128 e. The fraction of sp³-hybridized carbons (Fsp3) is 0.118. The molecule has 0 radical (unpaired) electrons. The number of aromatic nitrogens is 1. The lowest BCUT2D eigenvalue weighted by Crippen LogP contribution is -2.35. The molecule has 1 unspecified atom stereocenters. The third-order valence-corrected chi connectivity index (χ3v) is 3.67. The van der Waals surface area contributed by atoms with Crippen LogP contribution < -0.4 is 5.73 Å². The highest BCUT2D eigenvalue weighted by Crippen LogP contribution is 2.33. The molecule has 0 amide bonds. The minimum absolute atomic E-state index is 0.288. The van der Waals surface area contributed by atoms with Gasteiger partial charge in [0.1, 0.15) is 5.82 Å². The lowest BCUT2D eigenvalue weighted by atomic mass is 9.83. The van der Waals surface area contributed by atoms with Crippen LogP contribution in [0.1, 0.15) is 18.1 Å². The summed E-state index contributed by atoms with van der Waals surface area (Å²) in [6.07, 6.45) is 3.51. The molecular weight excluding hydrogens is 251 g/mol. The zero-order valence-corrected chi connectivity index (χ0v) is 11.2. The second-order valence-corrected chi connectivity index (χ2v) is 5.08. The number of hydrogen-bond donors (Lipinski definition) is 1. The molecular formula is C17H15FN2. The van der Waals surface area contributed by atoms with Gasteiger partial charge in [-0.25, -0.2) is 4.39 Å². The molecule has 3 aromatic rings. The first-order valence-electron chi connectivity index (χ1n) is 6.48. The van der Waals surface area contributed by atoms with Crippen LogP contribution in [0.3, 0.4) is 0 Å². The maximum atomic E-state index is 14.1. The number of halogens is 1. The number of benzene rings is 2. The number of fused-ring (bicyclic) bond motifs is 1. The molecule has 2 aromatic carbocycles. The SMILES string of the molecule is CC(N)(c1ccccc1F)c1cccc2cnccc12. The summed E-state index contributed by atoms with van der Waals surface area (Å²) < 4.78 is 14.1. The molecule has 3 rings (SSSR count). The second-order valence-electron chi connectivity index (χ2n) is 5.08. The van der Waals surface area contributed by atoms with Crippen LogP contribution in [-0.2, 0) is 5.54 Å². The molecule has 100 valence electrons. The molecule has 20 heavy (non-hydrogen) atoms. The molecule has 1 aromatic heterocycles. The second kappa shape index (κ2) is 4.69. The van der Waals surface area contributed by atoms with Crippen molar-refractivity contribution >= 4 is 10.8 Å². The first-order valence-corrected chi connectivity index (χ1v) is 6.48. The quantitative estimate of drug-likeness (QED) is 0.769. The fourth-order valence-electron chi connectivity index (χ4n) is 2.60. The summed E-state index contributed by atoms with van der Waals surface area (Å²) in [6.45, 7) is 1.83. The first-order chi connectivity index (χ1) is 9.60. The summed E-state index contributed by atoms with van der Waals surface area (Å²) in [7, 11) is 0. The molecule has 2 N–H and O–H groups in total. The van der Waals surface area contributed by atoms with Gasteiger partial charge in [0.25, 0.3) is 0 Å². The molecule has 1 heterocycles. The molecule has 1 atom stereocenters. The average Bonchev–Trinajstić information content (AvgIpc) is 2.47. The van der Waals surface area contributed by atoms with Crippen LogP contribution in [0.2, 0.25) is 0 Å². The predicted molar refractivity (Wildman–Crippen MR) is 78.8 cm³/mol. The molecule has 0 aliphatic carbocycles. The summed E-state index contributed by atoms with van der Waals surface area (Å²) >= 11 is 0. The number of nitrogens with zero attached hydrogens (tertiary/aromatic N) is 1. The minimum Gasteiger partial charge on any atom is -0.318 e. The van der Waals surface area contributed by atoms with Gasteiger partial charge in [-0.15, -0.1) is 0 Å². The van der Waals surface area contributed by atoms with Crippen LogP contribution in [0.25, 0.3) is 10.8 Å². The molecule has 3 heteroatoms. The van der Waals surface area contributed by atoms with Crippen molar-refractivity contribution in [2.45, 2.75) is 12.5 Å². The van der Waals surface area contributed by atoms with E-state index in [4.69, 9.17) is 5.73 Å². The number of rotatable bonds is 2. The monoisotopic (exact) mass is 266 g/mol. The van der Waals surface area contributed by atoms with Crippen molar-refractivity contribution < 1.29 is 4.39 Å². The van der Waals surface area contributed by atoms with Crippen LogP contribution in [0.5, 0.6) is 0 Å². The third-order valence-electron chi connectivity index (χ3n) is 3.67. The van der Waals surface area contributed by atoms with Gasteiger partial charge in [-0.2, -0.15) is 0 Å². The van der Waals surface area contributed by atoms with Gasteiger partial charge in [0.15, 0.2) is 0 Å². The molecule has 0 aliphatic heterocycles. The van der Waals surface area contributed by atoms with Crippen LogP contribution >= 0.6 is 0 Å². The van der Waals surface area contributed by atoms with E-state index in [0.29, 0.717) is 5.56 Å². The zero-order chi connectivity index (χ0) is 14.2. The molecule has 0 aliphatic rings. The Morgan fingerprint density at radius 3 is 2.55 bits per heavy atom. The Morgan fingerprint density at radius 1 is 1.00 bits per heavy atom. The highest BCUT2D eigenvalue weighted by atomic mass is 19.1. The summed E-state index contributed by atoms with van der Waals surface area (Å²) in [5, 5.41) is 1.99. The molecule has 0 fully saturated rings. The first kappa shape index (κ1) is 12.8. The van der Waals surface area contributed by atoms with Crippen LogP contribution in [-0.4, -0.2) is 4.98 Å². The van der Waals surface area contributed by atoms with E-state index in [0.717, 1.165) is 16.3 Å². The Hall–Kier alpha value is -2.26. The van der Waals surface area contributed by atoms with Crippen molar-refractivity contribution in [3.05, 3.63) is 77.9 Å². The van der Waals surface area contributed by atoms with Crippen molar-refractivity contribution in [1.29, 1.82) is 0 Å². The highest BCUT2D eigenvalue weighted by molar-refractivity contribution is 5.86. The largest absolute Gasteiger partial charge is 0.318 e. The van der Waals surface area contributed by atoms with Crippen LogP contribution in [0.4, 0.5) is 4.39 Å². The summed E-state index contributed by atoms with van der Waals surface area (Å²) in [5.41, 5.74) is 6.95. The Morgan fingerprint density at radius 2 is 1.75 bits per heavy atom. The van der Waals surface area contributed by atoms with E-state index in [9.17, 15) is 4.39 Å². The van der Waals surface area contributed by atoms with Gasteiger partial charge in [-0.1, -0.05) is 36.4 Å². The van der Waals surface area contributed by atoms with E-state index >= 15 is 0 Å². The lowest BCUT2D eigenvalue weighted by molar-refractivity contribution is 0.533. The highest BCUT2D eigenvalue weighted by Gasteiger charge is 2.28. The van der Waals surface area contributed by atoms with Crippen LogP contribution in [0.15, 0.2) is 60.9 Å². The summed E-state index contributed by atoms with van der Waals surface area (Å²) in [4.78, 5) is 4.11. The maximum Gasteiger partial charge on any atom is 0.128 e. The topological polar surface area (TPSA) is 38.9 Å². The van der Waals surface area contributed by atoms with Gasteiger partial charge in [-0.3, -0.25) is 4.98 Å². The standard InChI is InChI=1S/C17H15FN2/c1-17(19,15-6-2-3-8-16(15)18)14-7-4-5-12-11-20-10-9-13(12)14/h2-11H,19H2,1H3. The van der Waals surface area contributed by atoms with E-state index in [1.807, 2.05) is 31.2 Å². The Labute approximate surface area is 117 Å². The zero-order valence-electron chi connectivity index (χ0n) is 11.2. The van der Waals surface area contributed by atoms with E-state index in [-0.39, 0.29) is 5.82 Å². The van der Waals surface area contributed by atoms with Crippen molar-refractivity contribution in [3.63, 3.8) is 0 Å². The van der Waals surface area contributed by atoms with Gasteiger partial charge in [0.2, 0.25) is 0 Å². The Balaban J connectivity index is 2.27. The fourth-order valence-corrected chi connectivity index (χ4v) is 2.60. The van der Waals surface area contributed by atoms with Gasteiger partial charge in [-0.05, 0) is 30.0 Å². The molecule has 0 spiro atoms.